The van der Waals surface area contributed by atoms with Crippen molar-refractivity contribution >= 4 is 23.2 Å². The van der Waals surface area contributed by atoms with Crippen molar-refractivity contribution in [2.24, 2.45) is 0 Å². The van der Waals surface area contributed by atoms with Gasteiger partial charge in [0.1, 0.15) is 0 Å². The van der Waals surface area contributed by atoms with Crippen LogP contribution in [0.15, 0.2) is 12.1 Å². The van der Waals surface area contributed by atoms with E-state index in [-0.39, 0.29) is 16.5 Å². The van der Waals surface area contributed by atoms with Gasteiger partial charge in [0.05, 0.1) is 22.5 Å². The zero-order valence-corrected chi connectivity index (χ0v) is 9.45. The fraction of sp³-hybridized carbons (Fsp3) is 0.300. The molecule has 1 rings (SSSR count). The first-order chi connectivity index (χ1) is 6.65. The third-order valence-corrected chi connectivity index (χ3v) is 1.88. The molecule has 14 heavy (non-hydrogen) atoms. The minimum atomic E-state index is -0.639. The second-order valence-corrected chi connectivity index (χ2v) is 3.02. The summed E-state index contributed by atoms with van der Waals surface area (Å²) in [4.78, 5) is 0. The molecule has 0 atom stereocenters. The molecular weight excluding hydrogens is 224 g/mol. The predicted molar refractivity (Wildman–Crippen MR) is 57.1 cm³/mol. The smallest absolute Gasteiger partial charge is 0.160 e. The maximum Gasteiger partial charge on any atom is 0.160 e. The van der Waals surface area contributed by atoms with Crippen LogP contribution in [0.25, 0.3) is 0 Å². The Morgan fingerprint density at radius 1 is 1.29 bits per heavy atom. The summed E-state index contributed by atoms with van der Waals surface area (Å²) >= 11 is 11.0. The van der Waals surface area contributed by atoms with E-state index in [0.29, 0.717) is 5.56 Å². The van der Waals surface area contributed by atoms with E-state index in [1.165, 1.54) is 12.1 Å². The Morgan fingerprint density at radius 3 is 2.07 bits per heavy atom. The predicted octanol–water partition coefficient (Wildman–Crippen LogP) is 4.22. The van der Waals surface area contributed by atoms with Gasteiger partial charge < -0.3 is 0 Å². The van der Waals surface area contributed by atoms with Crippen molar-refractivity contribution in [2.45, 2.75) is 20.3 Å². The number of rotatable bonds is 1. The summed E-state index contributed by atoms with van der Waals surface area (Å²) < 4.78 is 12.8. The van der Waals surface area contributed by atoms with Crippen molar-refractivity contribution in [3.63, 3.8) is 0 Å². The van der Waals surface area contributed by atoms with E-state index in [1.807, 2.05) is 19.9 Å². The van der Waals surface area contributed by atoms with Crippen LogP contribution in [-0.2, 0) is 6.42 Å². The van der Waals surface area contributed by atoms with Gasteiger partial charge in [-0.2, -0.15) is 5.26 Å². The largest absolute Gasteiger partial charge is 0.204 e. The molecule has 76 valence electrons. The zero-order chi connectivity index (χ0) is 11.1. The molecule has 0 heterocycles. The molecule has 0 aliphatic rings. The van der Waals surface area contributed by atoms with Crippen LogP contribution in [0.3, 0.4) is 0 Å². The van der Waals surface area contributed by atoms with Gasteiger partial charge in [-0.1, -0.05) is 37.0 Å². The maximum atomic E-state index is 12.8. The second kappa shape index (κ2) is 6.64. The maximum absolute atomic E-state index is 12.8. The Kier molecular flexibility index (Phi) is 6.27. The summed E-state index contributed by atoms with van der Waals surface area (Å²) in [7, 11) is 0. The van der Waals surface area contributed by atoms with Gasteiger partial charge in [0, 0.05) is 0 Å². The fourth-order valence-corrected chi connectivity index (χ4v) is 1.33. The van der Waals surface area contributed by atoms with Crippen molar-refractivity contribution in [1.82, 2.24) is 0 Å². The molecule has 0 aromatic heterocycles. The van der Waals surface area contributed by atoms with E-state index in [9.17, 15) is 4.39 Å². The summed E-state index contributed by atoms with van der Waals surface area (Å²) in [6.07, 6.45) is 0.180. The molecule has 0 radical (unpaired) electrons. The molecule has 0 unspecified atom stereocenters. The number of hydrogen-bond donors (Lipinski definition) is 0. The molecule has 0 bridgehead atoms. The van der Waals surface area contributed by atoms with Crippen LogP contribution in [0.1, 0.15) is 19.4 Å². The Labute approximate surface area is 93.1 Å². The Morgan fingerprint density at radius 2 is 1.71 bits per heavy atom. The molecule has 0 fully saturated rings. The number of nitrogens with zero attached hydrogens (tertiary/aromatic N) is 1. The van der Waals surface area contributed by atoms with Crippen molar-refractivity contribution < 1.29 is 4.39 Å². The highest BCUT2D eigenvalue weighted by atomic mass is 35.5. The summed E-state index contributed by atoms with van der Waals surface area (Å²) in [6, 6.07) is 4.71. The summed E-state index contributed by atoms with van der Waals surface area (Å²) in [5, 5.41) is 8.24. The topological polar surface area (TPSA) is 23.8 Å². The van der Waals surface area contributed by atoms with Crippen molar-refractivity contribution in [1.29, 1.82) is 5.26 Å². The molecule has 0 aliphatic heterocycles. The molecule has 0 amide bonds. The van der Waals surface area contributed by atoms with E-state index in [4.69, 9.17) is 28.5 Å². The molecule has 0 aliphatic carbocycles. The van der Waals surface area contributed by atoms with Crippen molar-refractivity contribution in [2.75, 3.05) is 0 Å². The lowest BCUT2D eigenvalue weighted by molar-refractivity contribution is 0.628. The van der Waals surface area contributed by atoms with E-state index in [2.05, 4.69) is 0 Å². The summed E-state index contributed by atoms with van der Waals surface area (Å²) in [6.45, 7) is 4.00. The second-order valence-electron chi connectivity index (χ2n) is 2.21. The van der Waals surface area contributed by atoms with Crippen LogP contribution in [-0.4, -0.2) is 0 Å². The van der Waals surface area contributed by atoms with E-state index in [1.54, 1.807) is 0 Å². The van der Waals surface area contributed by atoms with Crippen LogP contribution in [0.5, 0.6) is 0 Å². The normalized spacial score (nSPS) is 8.57. The van der Waals surface area contributed by atoms with Gasteiger partial charge in [-0.25, -0.2) is 4.39 Å². The van der Waals surface area contributed by atoms with Crippen molar-refractivity contribution in [3.05, 3.63) is 33.6 Å². The van der Waals surface area contributed by atoms with Crippen LogP contribution in [0, 0.1) is 17.1 Å². The van der Waals surface area contributed by atoms with Crippen LogP contribution < -0.4 is 0 Å². The van der Waals surface area contributed by atoms with E-state index in [0.717, 1.165) is 0 Å². The molecule has 1 aromatic carbocycles. The SMILES string of the molecule is CC.N#CCc1cc(Cl)c(F)c(Cl)c1. The van der Waals surface area contributed by atoms with Crippen LogP contribution >= 0.6 is 23.2 Å². The van der Waals surface area contributed by atoms with Crippen LogP contribution in [0.4, 0.5) is 4.39 Å². The lowest BCUT2D eigenvalue weighted by Gasteiger charge is -1.99. The third-order valence-electron chi connectivity index (χ3n) is 1.33. The fourth-order valence-electron chi connectivity index (χ4n) is 0.801. The molecule has 1 aromatic rings. The molecule has 0 N–H and O–H groups in total. The standard InChI is InChI=1S/C8H4Cl2FN.C2H6/c9-6-3-5(1-2-12)4-7(10)8(6)11;1-2/h3-4H,1H2;1-2H3. The quantitative estimate of drug-likeness (QED) is 0.667. The molecule has 4 heteroatoms. The van der Waals surface area contributed by atoms with Gasteiger partial charge in [0.25, 0.3) is 0 Å². The minimum absolute atomic E-state index is 0.0484. The lowest BCUT2D eigenvalue weighted by Crippen LogP contribution is -1.85. The first-order valence-corrected chi connectivity index (χ1v) is 4.91. The zero-order valence-electron chi connectivity index (χ0n) is 7.94. The Bertz CT molecular complexity index is 321. The number of nitriles is 1. The number of halogens is 3. The summed E-state index contributed by atoms with van der Waals surface area (Å²) in [5.41, 5.74) is 0.619. The van der Waals surface area contributed by atoms with Gasteiger partial charge in [0.2, 0.25) is 0 Å². The number of benzene rings is 1. The highest BCUT2D eigenvalue weighted by Crippen LogP contribution is 2.24. The Hall–Kier alpha value is -0.780. The molecule has 1 nitrogen and oxygen atoms in total. The van der Waals surface area contributed by atoms with Gasteiger partial charge in [0.15, 0.2) is 5.82 Å². The molecule has 0 saturated heterocycles. The van der Waals surface area contributed by atoms with E-state index >= 15 is 0 Å². The highest BCUT2D eigenvalue weighted by Gasteiger charge is 2.06. The third kappa shape index (κ3) is 3.53. The average Bonchev–Trinajstić information content (AvgIpc) is 2.18. The minimum Gasteiger partial charge on any atom is -0.204 e. The summed E-state index contributed by atoms with van der Waals surface area (Å²) in [5.74, 6) is -0.639. The highest BCUT2D eigenvalue weighted by molar-refractivity contribution is 6.34. The first kappa shape index (κ1) is 13.2. The van der Waals surface area contributed by atoms with Crippen LogP contribution in [0.2, 0.25) is 10.0 Å². The van der Waals surface area contributed by atoms with Gasteiger partial charge in [-0.3, -0.25) is 0 Å². The lowest BCUT2D eigenvalue weighted by atomic mass is 10.2. The monoisotopic (exact) mass is 233 g/mol. The van der Waals surface area contributed by atoms with Crippen molar-refractivity contribution in [3.8, 4) is 6.07 Å². The molecule has 0 saturated carbocycles. The van der Waals surface area contributed by atoms with Gasteiger partial charge in [-0.15, -0.1) is 0 Å². The molecule has 0 spiro atoms. The Balaban J connectivity index is 0.000000791. The number of hydrogen-bond acceptors (Lipinski definition) is 1. The average molecular weight is 234 g/mol. The van der Waals surface area contributed by atoms with Gasteiger partial charge >= 0.3 is 0 Å². The van der Waals surface area contributed by atoms with E-state index < -0.39 is 5.82 Å². The molecular formula is C10H10Cl2FN. The first-order valence-electron chi connectivity index (χ1n) is 4.15. The van der Waals surface area contributed by atoms with Gasteiger partial charge in [-0.05, 0) is 17.7 Å².